The zero-order valence-electron chi connectivity index (χ0n) is 10.9. The highest BCUT2D eigenvalue weighted by Crippen LogP contribution is 2.13. The predicted molar refractivity (Wildman–Crippen MR) is 75.0 cm³/mol. The van der Waals surface area contributed by atoms with Crippen molar-refractivity contribution in [2.75, 3.05) is 6.54 Å². The average Bonchev–Trinajstić information content (AvgIpc) is 2.90. The van der Waals surface area contributed by atoms with Crippen LogP contribution in [0.3, 0.4) is 0 Å². The molecular weight excluding hydrogens is 342 g/mol. The molecule has 0 unspecified atom stereocenters. The van der Waals surface area contributed by atoms with Crippen molar-refractivity contribution in [1.82, 2.24) is 25.1 Å². The molecule has 2 aromatic rings. The van der Waals surface area contributed by atoms with Crippen LogP contribution in [0.5, 0.6) is 0 Å². The van der Waals surface area contributed by atoms with Gasteiger partial charge in [0.1, 0.15) is 19.4 Å². The van der Waals surface area contributed by atoms with Gasteiger partial charge < -0.3 is 10.0 Å². The van der Waals surface area contributed by atoms with Crippen molar-refractivity contribution in [2.24, 2.45) is 0 Å². The van der Waals surface area contributed by atoms with Crippen molar-refractivity contribution >= 4 is 27.8 Å². The Hall–Kier alpha value is -2.29. The lowest BCUT2D eigenvalue weighted by Crippen LogP contribution is -2.37. The summed E-state index contributed by atoms with van der Waals surface area (Å²) >= 11 is 3.34. The van der Waals surface area contributed by atoms with E-state index in [1.165, 1.54) is 15.9 Å². The van der Waals surface area contributed by atoms with Gasteiger partial charge in [-0.1, -0.05) is 28.1 Å². The molecule has 0 saturated carbocycles. The van der Waals surface area contributed by atoms with Crippen LogP contribution in [0.1, 0.15) is 5.56 Å². The summed E-state index contributed by atoms with van der Waals surface area (Å²) in [5, 5.41) is 19.4. The number of aliphatic carboxylic acids is 1. The molecule has 1 heterocycles. The number of carboxylic acids is 1. The van der Waals surface area contributed by atoms with Crippen LogP contribution in [0.2, 0.25) is 0 Å². The normalized spacial score (nSPS) is 10.3. The summed E-state index contributed by atoms with van der Waals surface area (Å²) in [5.74, 6) is -1.44. The van der Waals surface area contributed by atoms with Gasteiger partial charge in [0.25, 0.3) is 0 Å². The van der Waals surface area contributed by atoms with E-state index in [0.29, 0.717) is 0 Å². The van der Waals surface area contributed by atoms with Gasteiger partial charge in [0.05, 0.1) is 0 Å². The summed E-state index contributed by atoms with van der Waals surface area (Å²) in [6, 6.07) is 7.33. The Kier molecular flexibility index (Phi) is 4.99. The highest BCUT2D eigenvalue weighted by Gasteiger charge is 2.18. The first-order valence-corrected chi connectivity index (χ1v) is 6.78. The average molecular weight is 354 g/mol. The number of halogens is 1. The fraction of sp³-hybridized carbons (Fsp3) is 0.250. The van der Waals surface area contributed by atoms with Crippen LogP contribution >= 0.6 is 15.9 Å². The summed E-state index contributed by atoms with van der Waals surface area (Å²) in [6.45, 7) is -0.283. The third-order valence-corrected chi connectivity index (χ3v) is 3.12. The maximum atomic E-state index is 12.2. The molecule has 1 amide bonds. The van der Waals surface area contributed by atoms with Gasteiger partial charge in [0.2, 0.25) is 5.91 Å². The van der Waals surface area contributed by atoms with Crippen LogP contribution in [0, 0.1) is 0 Å². The SMILES string of the molecule is O=C(O)CN(Cc1cccc(Br)c1)C(=O)Cn1cnnn1. The van der Waals surface area contributed by atoms with Crippen molar-refractivity contribution in [3.63, 3.8) is 0 Å². The monoisotopic (exact) mass is 353 g/mol. The number of benzene rings is 1. The van der Waals surface area contributed by atoms with E-state index in [1.807, 2.05) is 24.3 Å². The lowest BCUT2D eigenvalue weighted by molar-refractivity contribution is -0.145. The molecule has 8 nitrogen and oxygen atoms in total. The summed E-state index contributed by atoms with van der Waals surface area (Å²) < 4.78 is 2.11. The Labute approximate surface area is 128 Å². The molecule has 0 aliphatic heterocycles. The first-order valence-electron chi connectivity index (χ1n) is 5.99. The van der Waals surface area contributed by atoms with Gasteiger partial charge in [-0.15, -0.1) is 5.10 Å². The summed E-state index contributed by atoms with van der Waals surface area (Å²) in [5.41, 5.74) is 0.829. The number of carbonyl (C=O) groups is 2. The molecule has 0 saturated heterocycles. The summed E-state index contributed by atoms with van der Waals surface area (Å²) in [4.78, 5) is 24.3. The number of carboxylic acid groups (broad SMARTS) is 1. The minimum absolute atomic E-state index is 0.103. The number of amides is 1. The Morgan fingerprint density at radius 1 is 1.38 bits per heavy atom. The number of carbonyl (C=O) groups excluding carboxylic acids is 1. The Bertz CT molecular complexity index is 632. The predicted octanol–water partition coefficient (Wildman–Crippen LogP) is 0.549. The topological polar surface area (TPSA) is 101 Å². The molecule has 1 aromatic heterocycles. The minimum Gasteiger partial charge on any atom is -0.480 e. The zero-order valence-corrected chi connectivity index (χ0v) is 12.5. The highest BCUT2D eigenvalue weighted by molar-refractivity contribution is 9.10. The Balaban J connectivity index is 2.10. The van der Waals surface area contributed by atoms with Crippen molar-refractivity contribution in [3.05, 3.63) is 40.6 Å². The largest absolute Gasteiger partial charge is 0.480 e. The highest BCUT2D eigenvalue weighted by atomic mass is 79.9. The third-order valence-electron chi connectivity index (χ3n) is 2.63. The van der Waals surface area contributed by atoms with E-state index >= 15 is 0 Å². The number of aromatic nitrogens is 4. The van der Waals surface area contributed by atoms with Crippen molar-refractivity contribution in [3.8, 4) is 0 Å². The molecule has 9 heteroatoms. The molecule has 0 atom stereocenters. The molecule has 2 rings (SSSR count). The van der Waals surface area contributed by atoms with Crippen LogP contribution in [0.4, 0.5) is 0 Å². The van der Waals surface area contributed by atoms with Gasteiger partial charge in [-0.3, -0.25) is 9.59 Å². The van der Waals surface area contributed by atoms with E-state index in [9.17, 15) is 9.59 Å². The van der Waals surface area contributed by atoms with Crippen molar-refractivity contribution in [2.45, 2.75) is 13.1 Å². The molecule has 0 aliphatic carbocycles. The Morgan fingerprint density at radius 2 is 2.19 bits per heavy atom. The van der Waals surface area contributed by atoms with Gasteiger partial charge in [-0.2, -0.15) is 0 Å². The molecule has 110 valence electrons. The van der Waals surface area contributed by atoms with Crippen molar-refractivity contribution in [1.29, 1.82) is 0 Å². The number of hydrogen-bond donors (Lipinski definition) is 1. The van der Waals surface area contributed by atoms with Gasteiger partial charge >= 0.3 is 5.97 Å². The van der Waals surface area contributed by atoms with Gasteiger partial charge in [-0.05, 0) is 28.1 Å². The molecule has 0 fully saturated rings. The van der Waals surface area contributed by atoms with Crippen LogP contribution in [-0.4, -0.2) is 48.6 Å². The zero-order chi connectivity index (χ0) is 15.2. The third kappa shape index (κ3) is 4.63. The second kappa shape index (κ2) is 6.93. The maximum Gasteiger partial charge on any atom is 0.323 e. The fourth-order valence-corrected chi connectivity index (χ4v) is 2.19. The summed E-state index contributed by atoms with van der Waals surface area (Å²) in [7, 11) is 0. The van der Waals surface area contributed by atoms with Gasteiger partial charge in [0, 0.05) is 11.0 Å². The number of nitrogens with zero attached hydrogens (tertiary/aromatic N) is 5. The van der Waals surface area contributed by atoms with Crippen molar-refractivity contribution < 1.29 is 14.7 Å². The molecule has 21 heavy (non-hydrogen) atoms. The van der Waals surface area contributed by atoms with Crippen LogP contribution in [0.25, 0.3) is 0 Å². The van der Waals surface area contributed by atoms with Gasteiger partial charge in [-0.25, -0.2) is 4.68 Å². The molecule has 1 aromatic carbocycles. The molecule has 0 spiro atoms. The van der Waals surface area contributed by atoms with E-state index in [4.69, 9.17) is 5.11 Å². The molecule has 0 radical (unpaired) electrons. The van der Waals surface area contributed by atoms with Gasteiger partial charge in [0.15, 0.2) is 0 Å². The second-order valence-corrected chi connectivity index (χ2v) is 5.20. The van der Waals surface area contributed by atoms with Crippen LogP contribution in [0.15, 0.2) is 35.1 Å². The molecular formula is C12H12BrN5O3. The van der Waals surface area contributed by atoms with Crippen LogP contribution < -0.4 is 0 Å². The number of rotatable bonds is 6. The van der Waals surface area contributed by atoms with E-state index in [-0.39, 0.29) is 25.5 Å². The smallest absolute Gasteiger partial charge is 0.323 e. The number of hydrogen-bond acceptors (Lipinski definition) is 5. The van der Waals surface area contributed by atoms with Crippen LogP contribution in [-0.2, 0) is 22.7 Å². The lowest BCUT2D eigenvalue weighted by atomic mass is 10.2. The van der Waals surface area contributed by atoms with E-state index in [0.717, 1.165) is 10.0 Å². The van der Waals surface area contributed by atoms with E-state index < -0.39 is 5.97 Å². The summed E-state index contributed by atoms with van der Waals surface area (Å²) in [6.07, 6.45) is 1.30. The first-order chi connectivity index (χ1) is 10.0. The second-order valence-electron chi connectivity index (χ2n) is 4.28. The molecule has 0 aliphatic rings. The minimum atomic E-state index is -1.07. The molecule has 0 bridgehead atoms. The van der Waals surface area contributed by atoms with E-state index in [2.05, 4.69) is 31.5 Å². The first kappa shape index (κ1) is 15.1. The number of tetrazole rings is 1. The Morgan fingerprint density at radius 3 is 2.81 bits per heavy atom. The maximum absolute atomic E-state index is 12.2. The fourth-order valence-electron chi connectivity index (χ4n) is 1.74. The molecule has 1 N–H and O–H groups in total. The lowest BCUT2D eigenvalue weighted by Gasteiger charge is -2.20. The quantitative estimate of drug-likeness (QED) is 0.813. The van der Waals surface area contributed by atoms with E-state index in [1.54, 1.807) is 0 Å². The standard InChI is InChI=1S/C12H12BrN5O3/c13-10-3-1-2-9(4-10)5-17(7-12(20)21)11(19)6-18-8-14-15-16-18/h1-4,8H,5-7H2,(H,20,21).